The Kier molecular flexibility index (Phi) is 4.56. The first-order chi connectivity index (χ1) is 10.3. The van der Waals surface area contributed by atoms with Gasteiger partial charge < -0.3 is 9.84 Å². The minimum atomic E-state index is -0.450. The van der Waals surface area contributed by atoms with Crippen molar-refractivity contribution in [1.82, 2.24) is 0 Å². The predicted octanol–water partition coefficient (Wildman–Crippen LogP) is 4.46. The quantitative estimate of drug-likeness (QED) is 0.847. The summed E-state index contributed by atoms with van der Waals surface area (Å²) in [6.07, 6.45) is 4.08. The lowest BCUT2D eigenvalue weighted by molar-refractivity contribution is 0.140. The molecule has 1 saturated carbocycles. The molecule has 1 aliphatic carbocycles. The molecule has 0 aliphatic heterocycles. The van der Waals surface area contributed by atoms with E-state index in [9.17, 15) is 5.11 Å². The van der Waals surface area contributed by atoms with E-state index in [-0.39, 0.29) is 0 Å². The van der Waals surface area contributed by atoms with Crippen LogP contribution in [0.2, 0.25) is 0 Å². The lowest BCUT2D eigenvalue weighted by Gasteiger charge is -2.26. The first-order valence-corrected chi connectivity index (χ1v) is 7.79. The van der Waals surface area contributed by atoms with E-state index in [0.717, 1.165) is 11.3 Å². The van der Waals surface area contributed by atoms with Crippen molar-refractivity contribution < 1.29 is 9.84 Å². The van der Waals surface area contributed by atoms with Gasteiger partial charge in [0.05, 0.1) is 12.7 Å². The molecular formula is C19H22O2. The molecule has 2 nitrogen and oxygen atoms in total. The van der Waals surface area contributed by atoms with E-state index in [4.69, 9.17) is 4.74 Å². The Balaban J connectivity index is 1.54. The highest BCUT2D eigenvalue weighted by atomic mass is 16.5. The van der Waals surface area contributed by atoms with Crippen LogP contribution in [-0.2, 0) is 0 Å². The fourth-order valence-corrected chi connectivity index (χ4v) is 2.73. The summed E-state index contributed by atoms with van der Waals surface area (Å²) in [5.74, 6) is 1.56. The monoisotopic (exact) mass is 282 g/mol. The summed E-state index contributed by atoms with van der Waals surface area (Å²) in [4.78, 5) is 0. The van der Waals surface area contributed by atoms with E-state index in [1.54, 1.807) is 0 Å². The number of ether oxygens (including phenoxy) is 1. The predicted molar refractivity (Wildman–Crippen MR) is 84.5 cm³/mol. The molecule has 1 unspecified atom stereocenters. The summed E-state index contributed by atoms with van der Waals surface area (Å²) < 4.78 is 5.65. The topological polar surface area (TPSA) is 29.5 Å². The zero-order chi connectivity index (χ0) is 14.5. The normalized spacial score (nSPS) is 16.2. The number of aliphatic hydroxyl groups is 1. The molecule has 0 radical (unpaired) electrons. The number of para-hydroxylation sites is 1. The standard InChI is InChI=1S/C19H22O2/c20-19(12-13-21-18-10-2-1-3-11-18)17-9-5-8-16(14-17)15-6-4-7-15/h1-3,5,8-11,14-15,19-20H,4,6-7,12-13H2. The molecule has 110 valence electrons. The molecular weight excluding hydrogens is 260 g/mol. The third-order valence-electron chi connectivity index (χ3n) is 4.28. The van der Waals surface area contributed by atoms with Gasteiger partial charge >= 0.3 is 0 Å². The molecule has 0 amide bonds. The maximum atomic E-state index is 10.3. The number of hydrogen-bond donors (Lipinski definition) is 1. The van der Waals surface area contributed by atoms with E-state index in [1.165, 1.54) is 24.8 Å². The zero-order valence-corrected chi connectivity index (χ0v) is 12.2. The molecule has 0 heterocycles. The van der Waals surface area contributed by atoms with Crippen LogP contribution in [0, 0.1) is 0 Å². The third kappa shape index (κ3) is 3.64. The molecule has 0 aromatic heterocycles. The van der Waals surface area contributed by atoms with Crippen LogP contribution in [0.4, 0.5) is 0 Å². The van der Waals surface area contributed by atoms with Crippen molar-refractivity contribution in [3.8, 4) is 5.75 Å². The number of hydrogen-bond acceptors (Lipinski definition) is 2. The second kappa shape index (κ2) is 6.77. The van der Waals surface area contributed by atoms with Crippen LogP contribution in [0.15, 0.2) is 54.6 Å². The molecule has 3 rings (SSSR count). The van der Waals surface area contributed by atoms with Gasteiger partial charge in [-0.05, 0) is 42.0 Å². The van der Waals surface area contributed by atoms with Gasteiger partial charge in [0.1, 0.15) is 5.75 Å². The molecule has 1 N–H and O–H groups in total. The average molecular weight is 282 g/mol. The van der Waals surface area contributed by atoms with Crippen molar-refractivity contribution >= 4 is 0 Å². The summed E-state index contributed by atoms with van der Waals surface area (Å²) in [5, 5.41) is 10.3. The van der Waals surface area contributed by atoms with Crippen LogP contribution >= 0.6 is 0 Å². The van der Waals surface area contributed by atoms with E-state index >= 15 is 0 Å². The zero-order valence-electron chi connectivity index (χ0n) is 12.2. The maximum absolute atomic E-state index is 10.3. The van der Waals surface area contributed by atoms with Crippen molar-refractivity contribution in [3.63, 3.8) is 0 Å². The van der Waals surface area contributed by atoms with E-state index < -0.39 is 6.10 Å². The molecule has 1 aliphatic rings. The van der Waals surface area contributed by atoms with Gasteiger partial charge in [-0.25, -0.2) is 0 Å². The molecule has 0 saturated heterocycles. The van der Waals surface area contributed by atoms with Crippen molar-refractivity contribution in [2.75, 3.05) is 6.61 Å². The highest BCUT2D eigenvalue weighted by Gasteiger charge is 2.20. The summed E-state index contributed by atoms with van der Waals surface area (Å²) in [6.45, 7) is 0.527. The number of rotatable bonds is 6. The first kappa shape index (κ1) is 14.2. The Morgan fingerprint density at radius 1 is 1.05 bits per heavy atom. The van der Waals surface area contributed by atoms with E-state index in [1.807, 2.05) is 36.4 Å². The maximum Gasteiger partial charge on any atom is 0.119 e. The van der Waals surface area contributed by atoms with Crippen LogP contribution in [-0.4, -0.2) is 11.7 Å². The number of aliphatic hydroxyl groups excluding tert-OH is 1. The molecule has 2 aromatic rings. The Morgan fingerprint density at radius 2 is 1.86 bits per heavy atom. The smallest absolute Gasteiger partial charge is 0.119 e. The van der Waals surface area contributed by atoms with Crippen LogP contribution < -0.4 is 4.74 Å². The molecule has 1 fully saturated rings. The lowest BCUT2D eigenvalue weighted by atomic mass is 9.79. The van der Waals surface area contributed by atoms with Crippen LogP contribution in [0.5, 0.6) is 5.75 Å². The molecule has 0 spiro atoms. The first-order valence-electron chi connectivity index (χ1n) is 7.79. The van der Waals surface area contributed by atoms with E-state index in [0.29, 0.717) is 18.9 Å². The van der Waals surface area contributed by atoms with Gasteiger partial charge in [0, 0.05) is 6.42 Å². The summed E-state index contributed by atoms with van der Waals surface area (Å²) in [6, 6.07) is 18.2. The molecule has 21 heavy (non-hydrogen) atoms. The fraction of sp³-hybridized carbons (Fsp3) is 0.368. The third-order valence-corrected chi connectivity index (χ3v) is 4.28. The summed E-state index contributed by atoms with van der Waals surface area (Å²) in [5.41, 5.74) is 2.39. The van der Waals surface area contributed by atoms with Gasteiger partial charge in [0.15, 0.2) is 0 Å². The highest BCUT2D eigenvalue weighted by Crippen LogP contribution is 2.37. The van der Waals surface area contributed by atoms with Gasteiger partial charge in [-0.2, -0.15) is 0 Å². The molecule has 1 atom stereocenters. The van der Waals surface area contributed by atoms with Crippen LogP contribution in [0.25, 0.3) is 0 Å². The van der Waals surface area contributed by atoms with Crippen molar-refractivity contribution in [2.24, 2.45) is 0 Å². The molecule has 2 heteroatoms. The highest BCUT2D eigenvalue weighted by molar-refractivity contribution is 5.29. The molecule has 0 bridgehead atoms. The Bertz CT molecular complexity index is 561. The van der Waals surface area contributed by atoms with Gasteiger partial charge in [-0.1, -0.05) is 48.9 Å². The Hall–Kier alpha value is -1.80. The van der Waals surface area contributed by atoms with Gasteiger partial charge in [-0.3, -0.25) is 0 Å². The van der Waals surface area contributed by atoms with Crippen molar-refractivity contribution in [2.45, 2.75) is 37.7 Å². The fourth-order valence-electron chi connectivity index (χ4n) is 2.73. The minimum absolute atomic E-state index is 0.450. The SMILES string of the molecule is OC(CCOc1ccccc1)c1cccc(C2CCC2)c1. The van der Waals surface area contributed by atoms with Crippen LogP contribution in [0.1, 0.15) is 48.8 Å². The van der Waals surface area contributed by atoms with E-state index in [2.05, 4.69) is 18.2 Å². The van der Waals surface area contributed by atoms with Crippen molar-refractivity contribution in [1.29, 1.82) is 0 Å². The second-order valence-corrected chi connectivity index (χ2v) is 5.76. The number of benzene rings is 2. The lowest BCUT2D eigenvalue weighted by Crippen LogP contribution is -2.10. The Labute approximate surface area is 126 Å². The molecule has 2 aromatic carbocycles. The Morgan fingerprint density at radius 3 is 2.57 bits per heavy atom. The largest absolute Gasteiger partial charge is 0.493 e. The average Bonchev–Trinajstić information content (AvgIpc) is 2.47. The van der Waals surface area contributed by atoms with Crippen LogP contribution in [0.3, 0.4) is 0 Å². The summed E-state index contributed by atoms with van der Waals surface area (Å²) >= 11 is 0. The van der Waals surface area contributed by atoms with Gasteiger partial charge in [0.25, 0.3) is 0 Å². The van der Waals surface area contributed by atoms with Gasteiger partial charge in [0.2, 0.25) is 0 Å². The summed E-state index contributed by atoms with van der Waals surface area (Å²) in [7, 11) is 0. The van der Waals surface area contributed by atoms with Gasteiger partial charge in [-0.15, -0.1) is 0 Å². The minimum Gasteiger partial charge on any atom is -0.493 e. The second-order valence-electron chi connectivity index (χ2n) is 5.76. The van der Waals surface area contributed by atoms with Crippen molar-refractivity contribution in [3.05, 3.63) is 65.7 Å².